The normalized spacial score (nSPS) is 19.5. The van der Waals surface area contributed by atoms with E-state index in [0.717, 1.165) is 5.56 Å². The van der Waals surface area contributed by atoms with Crippen LogP contribution in [0.5, 0.6) is 5.75 Å². The summed E-state index contributed by atoms with van der Waals surface area (Å²) in [6.45, 7) is 11.4. The molecule has 1 amide bonds. The Morgan fingerprint density at radius 2 is 1.61 bits per heavy atom. The Kier molecular flexibility index (Phi) is 7.34. The fourth-order valence-electron chi connectivity index (χ4n) is 3.93. The van der Waals surface area contributed by atoms with Gasteiger partial charge in [0.1, 0.15) is 28.7 Å². The van der Waals surface area contributed by atoms with Crippen molar-refractivity contribution >= 4 is 23.5 Å². The summed E-state index contributed by atoms with van der Waals surface area (Å²) in [5, 5.41) is -0.0199. The second-order valence-corrected chi connectivity index (χ2v) is 10.2. The third kappa shape index (κ3) is 6.45. The molecule has 1 heterocycles. The zero-order valence-corrected chi connectivity index (χ0v) is 21.0. The van der Waals surface area contributed by atoms with E-state index in [1.54, 1.807) is 17.0 Å². The first kappa shape index (κ1) is 25.0. The third-order valence-electron chi connectivity index (χ3n) is 5.44. The molecule has 1 aliphatic heterocycles. The van der Waals surface area contributed by atoms with Gasteiger partial charge in [-0.3, -0.25) is 4.90 Å². The standard InChI is InChI=1S/C26H33NO5S/c1-24(2,3)31-22(28)27-21(18-29-25(27,4)5)26(6,17-19-13-9-7-10-14-19)32-23(33)30-20-15-11-8-12-16-20/h7-16,21H,17-18H2,1-6H3/t21?,26-/m1/s1. The van der Waals surface area contributed by atoms with Crippen LogP contribution in [0.1, 0.15) is 47.1 Å². The van der Waals surface area contributed by atoms with Crippen molar-refractivity contribution in [1.29, 1.82) is 0 Å². The molecule has 6 nitrogen and oxygen atoms in total. The number of para-hydroxylation sites is 1. The molecule has 2 aromatic rings. The van der Waals surface area contributed by atoms with Gasteiger partial charge in [0.05, 0.1) is 6.61 Å². The van der Waals surface area contributed by atoms with Gasteiger partial charge in [0, 0.05) is 18.6 Å². The van der Waals surface area contributed by atoms with E-state index in [-0.39, 0.29) is 11.8 Å². The van der Waals surface area contributed by atoms with Crippen LogP contribution in [0, 0.1) is 0 Å². The van der Waals surface area contributed by atoms with Crippen molar-refractivity contribution in [3.8, 4) is 5.75 Å². The van der Waals surface area contributed by atoms with E-state index in [9.17, 15) is 4.79 Å². The van der Waals surface area contributed by atoms with Crippen LogP contribution in [0.4, 0.5) is 4.79 Å². The topological polar surface area (TPSA) is 57.2 Å². The van der Waals surface area contributed by atoms with Crippen LogP contribution >= 0.6 is 12.2 Å². The van der Waals surface area contributed by atoms with Gasteiger partial charge in [0.2, 0.25) is 0 Å². The highest BCUT2D eigenvalue weighted by atomic mass is 32.1. The lowest BCUT2D eigenvalue weighted by atomic mass is 9.88. The highest BCUT2D eigenvalue weighted by Gasteiger charge is 2.54. The van der Waals surface area contributed by atoms with Crippen LogP contribution in [0.25, 0.3) is 0 Å². The van der Waals surface area contributed by atoms with Gasteiger partial charge in [-0.05, 0) is 59.2 Å². The molecule has 0 saturated carbocycles. The Labute approximate surface area is 201 Å². The van der Waals surface area contributed by atoms with E-state index in [1.165, 1.54) is 0 Å². The maximum atomic E-state index is 13.3. The van der Waals surface area contributed by atoms with Crippen LogP contribution in [-0.2, 0) is 20.6 Å². The number of thiocarbonyl (C=S) groups is 1. The molecule has 1 fully saturated rings. The van der Waals surface area contributed by atoms with Crippen molar-refractivity contribution in [2.45, 2.75) is 70.9 Å². The highest BCUT2D eigenvalue weighted by Crippen LogP contribution is 2.38. The van der Waals surface area contributed by atoms with Crippen molar-refractivity contribution in [1.82, 2.24) is 4.90 Å². The Morgan fingerprint density at radius 1 is 1.03 bits per heavy atom. The molecule has 0 aromatic heterocycles. The van der Waals surface area contributed by atoms with Crippen LogP contribution in [0.2, 0.25) is 0 Å². The molecule has 0 aliphatic carbocycles. The molecule has 7 heteroatoms. The predicted octanol–water partition coefficient (Wildman–Crippen LogP) is 5.74. The average molecular weight is 472 g/mol. The number of ether oxygens (including phenoxy) is 4. The van der Waals surface area contributed by atoms with Gasteiger partial charge in [-0.1, -0.05) is 48.5 Å². The molecule has 1 aliphatic rings. The van der Waals surface area contributed by atoms with Gasteiger partial charge >= 0.3 is 11.3 Å². The summed E-state index contributed by atoms with van der Waals surface area (Å²) in [4.78, 5) is 14.9. The monoisotopic (exact) mass is 471 g/mol. The van der Waals surface area contributed by atoms with Crippen LogP contribution in [0.3, 0.4) is 0 Å². The number of amides is 1. The molecular weight excluding hydrogens is 438 g/mol. The molecule has 0 bridgehead atoms. The minimum absolute atomic E-state index is 0.0199. The number of nitrogens with zero attached hydrogens (tertiary/aromatic N) is 1. The zero-order valence-electron chi connectivity index (χ0n) is 20.2. The van der Waals surface area contributed by atoms with Crippen molar-refractivity contribution in [3.63, 3.8) is 0 Å². The smallest absolute Gasteiger partial charge is 0.413 e. The van der Waals surface area contributed by atoms with Crippen LogP contribution in [0.15, 0.2) is 60.7 Å². The van der Waals surface area contributed by atoms with E-state index in [4.69, 9.17) is 31.2 Å². The Bertz CT molecular complexity index is 958. The predicted molar refractivity (Wildman–Crippen MR) is 131 cm³/mol. The molecule has 1 unspecified atom stereocenters. The molecule has 2 aromatic carbocycles. The number of hydrogen-bond donors (Lipinski definition) is 0. The Morgan fingerprint density at radius 3 is 2.18 bits per heavy atom. The first-order chi connectivity index (χ1) is 15.4. The van der Waals surface area contributed by atoms with Crippen LogP contribution < -0.4 is 4.74 Å². The summed E-state index contributed by atoms with van der Waals surface area (Å²) in [6, 6.07) is 18.7. The molecule has 178 valence electrons. The molecule has 0 radical (unpaired) electrons. The summed E-state index contributed by atoms with van der Waals surface area (Å²) in [7, 11) is 0. The average Bonchev–Trinajstić information content (AvgIpc) is 3.04. The van der Waals surface area contributed by atoms with Gasteiger partial charge in [-0.2, -0.15) is 0 Å². The van der Waals surface area contributed by atoms with Gasteiger partial charge in [-0.15, -0.1) is 0 Å². The lowest BCUT2D eigenvalue weighted by molar-refractivity contribution is -0.0778. The number of hydrogen-bond acceptors (Lipinski definition) is 6. The maximum Gasteiger partial charge on any atom is 0.413 e. The fraction of sp³-hybridized carbons (Fsp3) is 0.462. The largest absolute Gasteiger partial charge is 0.448 e. The number of carbonyl (C=O) groups excluding carboxylic acids is 1. The lowest BCUT2D eigenvalue weighted by Gasteiger charge is -2.42. The molecule has 33 heavy (non-hydrogen) atoms. The van der Waals surface area contributed by atoms with Crippen molar-refractivity contribution in [3.05, 3.63) is 66.2 Å². The molecular formula is C26H33NO5S. The van der Waals surface area contributed by atoms with Gasteiger partial charge < -0.3 is 18.9 Å². The fourth-order valence-corrected chi connectivity index (χ4v) is 4.22. The van der Waals surface area contributed by atoms with E-state index >= 15 is 0 Å². The summed E-state index contributed by atoms with van der Waals surface area (Å²) in [5.41, 5.74) is -1.44. The Balaban J connectivity index is 1.93. The molecule has 0 spiro atoms. The number of rotatable bonds is 5. The molecule has 0 N–H and O–H groups in total. The third-order valence-corrected chi connectivity index (χ3v) is 5.61. The van der Waals surface area contributed by atoms with E-state index < -0.39 is 29.1 Å². The zero-order chi connectivity index (χ0) is 24.3. The first-order valence-electron chi connectivity index (χ1n) is 11.1. The lowest BCUT2D eigenvalue weighted by Crippen LogP contribution is -2.59. The summed E-state index contributed by atoms with van der Waals surface area (Å²) < 4.78 is 23.8. The van der Waals surface area contributed by atoms with Gasteiger partial charge in [0.15, 0.2) is 0 Å². The summed E-state index contributed by atoms with van der Waals surface area (Å²) in [6.07, 6.45) is 0.0167. The minimum atomic E-state index is -0.947. The summed E-state index contributed by atoms with van der Waals surface area (Å²) in [5.74, 6) is 0.580. The summed E-state index contributed by atoms with van der Waals surface area (Å²) >= 11 is 5.47. The van der Waals surface area contributed by atoms with Gasteiger partial charge in [-0.25, -0.2) is 4.79 Å². The van der Waals surface area contributed by atoms with Crippen molar-refractivity contribution in [2.75, 3.05) is 6.61 Å². The highest BCUT2D eigenvalue weighted by molar-refractivity contribution is 7.79. The van der Waals surface area contributed by atoms with Crippen molar-refractivity contribution in [2.24, 2.45) is 0 Å². The van der Waals surface area contributed by atoms with E-state index in [0.29, 0.717) is 12.2 Å². The van der Waals surface area contributed by atoms with Gasteiger partial charge in [0.25, 0.3) is 0 Å². The second-order valence-electron chi connectivity index (χ2n) is 9.87. The second kappa shape index (κ2) is 9.69. The number of benzene rings is 2. The molecule has 2 atom stereocenters. The Hall–Kier alpha value is -2.64. The SMILES string of the molecule is CC(C)(C)OC(=O)N1C([C@@](C)(Cc2ccccc2)OC(=S)Oc2ccccc2)COC1(C)C. The van der Waals surface area contributed by atoms with E-state index in [1.807, 2.05) is 90.1 Å². The molecule has 1 saturated heterocycles. The first-order valence-corrected chi connectivity index (χ1v) is 11.5. The quantitative estimate of drug-likeness (QED) is 0.518. The molecule has 3 rings (SSSR count). The maximum absolute atomic E-state index is 13.3. The minimum Gasteiger partial charge on any atom is -0.448 e. The number of carbonyl (C=O) groups is 1. The van der Waals surface area contributed by atoms with Crippen molar-refractivity contribution < 1.29 is 23.7 Å². The van der Waals surface area contributed by atoms with Crippen LogP contribution in [-0.4, -0.2) is 45.8 Å². The van der Waals surface area contributed by atoms with E-state index in [2.05, 4.69) is 0 Å².